The summed E-state index contributed by atoms with van der Waals surface area (Å²) in [5.74, 6) is -1.52. The second kappa shape index (κ2) is 7.45. The number of carbonyl (C=O) groups is 4. The molecule has 5 amide bonds. The molecule has 26 heavy (non-hydrogen) atoms. The molecule has 1 saturated heterocycles. The predicted octanol–water partition coefficient (Wildman–Crippen LogP) is 1.82. The van der Waals surface area contributed by atoms with Gasteiger partial charge >= 0.3 is 6.03 Å². The number of imide groups is 1. The number of rotatable bonds is 4. The zero-order valence-corrected chi connectivity index (χ0v) is 15.2. The number of amides is 5. The zero-order chi connectivity index (χ0) is 18.7. The van der Waals surface area contributed by atoms with Crippen LogP contribution >= 0.6 is 11.3 Å². The third-order valence-electron chi connectivity index (χ3n) is 4.94. The fraction of sp³-hybridized carbons (Fsp3) is 0.529. The number of nitrogens with zero attached hydrogens (tertiary/aromatic N) is 1. The number of urea groups is 1. The average Bonchev–Trinajstić information content (AvgIpc) is 3.10. The monoisotopic (exact) mass is 378 g/mol. The van der Waals surface area contributed by atoms with E-state index in [1.54, 1.807) is 5.38 Å². The maximum atomic E-state index is 12.9. The first kappa shape index (κ1) is 18.4. The Labute approximate surface area is 155 Å². The Kier molecular flexibility index (Phi) is 5.26. The molecule has 140 valence electrons. The minimum absolute atomic E-state index is 0.206. The Balaban J connectivity index is 1.68. The van der Waals surface area contributed by atoms with Gasteiger partial charge in [-0.1, -0.05) is 32.1 Å². The Morgan fingerprint density at radius 3 is 2.50 bits per heavy atom. The van der Waals surface area contributed by atoms with Gasteiger partial charge in [-0.3, -0.25) is 19.3 Å². The molecule has 1 aliphatic heterocycles. The van der Waals surface area contributed by atoms with Gasteiger partial charge in [-0.25, -0.2) is 4.79 Å². The average molecular weight is 378 g/mol. The van der Waals surface area contributed by atoms with Gasteiger partial charge in [0.25, 0.3) is 11.8 Å². The standard InChI is InChI=1S/C17H22N4O4S/c18-13(23)11-6-9-26-14(11)19-12(22)10-21-15(24)17(20-16(21)25)7-4-2-1-3-5-8-17/h6,9H,1-5,7-8,10H2,(H2,18,23)(H,19,22)(H,20,25). The van der Waals surface area contributed by atoms with Crippen LogP contribution in [0.15, 0.2) is 11.4 Å². The fourth-order valence-electron chi connectivity index (χ4n) is 3.58. The van der Waals surface area contributed by atoms with Crippen LogP contribution in [0, 0.1) is 0 Å². The molecule has 2 heterocycles. The number of anilines is 1. The van der Waals surface area contributed by atoms with Crippen LogP contribution in [0.4, 0.5) is 9.80 Å². The van der Waals surface area contributed by atoms with Crippen molar-refractivity contribution in [2.45, 2.75) is 50.5 Å². The molecule has 1 aromatic rings. The molecule has 2 aliphatic rings. The highest BCUT2D eigenvalue weighted by molar-refractivity contribution is 7.14. The van der Waals surface area contributed by atoms with E-state index >= 15 is 0 Å². The maximum absolute atomic E-state index is 12.9. The molecular formula is C17H22N4O4S. The summed E-state index contributed by atoms with van der Waals surface area (Å²) in [6, 6.07) is 0.979. The van der Waals surface area contributed by atoms with Crippen LogP contribution in [0.25, 0.3) is 0 Å². The van der Waals surface area contributed by atoms with Gasteiger partial charge in [-0.2, -0.15) is 0 Å². The lowest BCUT2D eigenvalue weighted by Gasteiger charge is -2.28. The zero-order valence-electron chi connectivity index (χ0n) is 14.4. The van der Waals surface area contributed by atoms with Crippen molar-refractivity contribution in [3.63, 3.8) is 0 Å². The Morgan fingerprint density at radius 2 is 1.85 bits per heavy atom. The number of nitrogens with two attached hydrogens (primary N) is 1. The van der Waals surface area contributed by atoms with Gasteiger partial charge in [0.15, 0.2) is 0 Å². The maximum Gasteiger partial charge on any atom is 0.325 e. The number of carbonyl (C=O) groups excluding carboxylic acids is 4. The molecule has 0 bridgehead atoms. The van der Waals surface area contributed by atoms with Crippen molar-refractivity contribution in [2.24, 2.45) is 5.73 Å². The third-order valence-corrected chi connectivity index (χ3v) is 5.77. The van der Waals surface area contributed by atoms with Crippen LogP contribution in [0.1, 0.15) is 55.3 Å². The topological polar surface area (TPSA) is 122 Å². The van der Waals surface area contributed by atoms with Gasteiger partial charge in [0.2, 0.25) is 5.91 Å². The molecule has 1 aromatic heterocycles. The van der Waals surface area contributed by atoms with Crippen LogP contribution in [-0.2, 0) is 9.59 Å². The summed E-state index contributed by atoms with van der Waals surface area (Å²) in [6.07, 6.45) is 6.19. The molecule has 9 heteroatoms. The van der Waals surface area contributed by atoms with Crippen molar-refractivity contribution < 1.29 is 19.2 Å². The third kappa shape index (κ3) is 3.57. The summed E-state index contributed by atoms with van der Waals surface area (Å²) in [5.41, 5.74) is 4.58. The molecule has 0 radical (unpaired) electrons. The number of primary amides is 1. The number of hydrogen-bond donors (Lipinski definition) is 3. The normalized spacial score (nSPS) is 19.8. The summed E-state index contributed by atoms with van der Waals surface area (Å²) >= 11 is 1.16. The summed E-state index contributed by atoms with van der Waals surface area (Å²) in [5, 5.41) is 7.32. The van der Waals surface area contributed by atoms with E-state index < -0.39 is 23.4 Å². The van der Waals surface area contributed by atoms with E-state index in [1.807, 2.05) is 0 Å². The van der Waals surface area contributed by atoms with Crippen molar-refractivity contribution in [3.05, 3.63) is 17.0 Å². The first-order valence-electron chi connectivity index (χ1n) is 8.74. The first-order valence-corrected chi connectivity index (χ1v) is 9.62. The Hall–Kier alpha value is -2.42. The molecule has 3 rings (SSSR count). The molecule has 0 atom stereocenters. The van der Waals surface area contributed by atoms with Crippen LogP contribution in [0.2, 0.25) is 0 Å². The van der Waals surface area contributed by atoms with E-state index in [4.69, 9.17) is 5.73 Å². The van der Waals surface area contributed by atoms with Crippen molar-refractivity contribution in [2.75, 3.05) is 11.9 Å². The SMILES string of the molecule is NC(=O)c1ccsc1NC(=O)CN1C(=O)NC2(CCCCCCC2)C1=O. The van der Waals surface area contributed by atoms with E-state index in [0.717, 1.165) is 48.3 Å². The van der Waals surface area contributed by atoms with E-state index in [2.05, 4.69) is 10.6 Å². The van der Waals surface area contributed by atoms with Gasteiger partial charge in [0, 0.05) is 0 Å². The Morgan fingerprint density at radius 1 is 1.19 bits per heavy atom. The highest BCUT2D eigenvalue weighted by Gasteiger charge is 2.50. The molecule has 1 saturated carbocycles. The van der Waals surface area contributed by atoms with Crippen molar-refractivity contribution in [3.8, 4) is 0 Å². The number of hydrogen-bond acceptors (Lipinski definition) is 5. The highest BCUT2D eigenvalue weighted by atomic mass is 32.1. The van der Waals surface area contributed by atoms with Gasteiger partial charge in [-0.15, -0.1) is 11.3 Å². The van der Waals surface area contributed by atoms with Crippen LogP contribution in [-0.4, -0.2) is 40.7 Å². The molecule has 8 nitrogen and oxygen atoms in total. The van der Waals surface area contributed by atoms with Gasteiger partial charge in [0.05, 0.1) is 5.56 Å². The summed E-state index contributed by atoms with van der Waals surface area (Å²) in [7, 11) is 0. The van der Waals surface area contributed by atoms with E-state index in [0.29, 0.717) is 17.8 Å². The summed E-state index contributed by atoms with van der Waals surface area (Å²) in [6.45, 7) is -0.386. The molecule has 0 aromatic carbocycles. The fourth-order valence-corrected chi connectivity index (χ4v) is 4.39. The van der Waals surface area contributed by atoms with Crippen LogP contribution in [0.5, 0.6) is 0 Å². The van der Waals surface area contributed by atoms with E-state index in [-0.39, 0.29) is 18.0 Å². The number of nitrogens with one attached hydrogen (secondary N) is 2. The van der Waals surface area contributed by atoms with Crippen LogP contribution in [0.3, 0.4) is 0 Å². The lowest BCUT2D eigenvalue weighted by atomic mass is 9.84. The molecule has 2 fully saturated rings. The molecular weight excluding hydrogens is 356 g/mol. The molecule has 1 aliphatic carbocycles. The first-order chi connectivity index (χ1) is 12.4. The summed E-state index contributed by atoms with van der Waals surface area (Å²) < 4.78 is 0. The van der Waals surface area contributed by atoms with Crippen molar-refractivity contribution >= 4 is 40.1 Å². The lowest BCUT2D eigenvalue weighted by Crippen LogP contribution is -2.47. The highest BCUT2D eigenvalue weighted by Crippen LogP contribution is 2.32. The molecule has 0 unspecified atom stereocenters. The second-order valence-electron chi connectivity index (χ2n) is 6.75. The van der Waals surface area contributed by atoms with Crippen LogP contribution < -0.4 is 16.4 Å². The van der Waals surface area contributed by atoms with Gasteiger partial charge in [-0.05, 0) is 24.3 Å². The molecule has 1 spiro atoms. The lowest BCUT2D eigenvalue weighted by molar-refractivity contribution is -0.134. The minimum atomic E-state index is -0.876. The van der Waals surface area contributed by atoms with Crippen molar-refractivity contribution in [1.82, 2.24) is 10.2 Å². The van der Waals surface area contributed by atoms with Gasteiger partial charge in [0.1, 0.15) is 17.1 Å². The summed E-state index contributed by atoms with van der Waals surface area (Å²) in [4.78, 5) is 49.8. The number of thiophene rings is 1. The smallest absolute Gasteiger partial charge is 0.325 e. The largest absolute Gasteiger partial charge is 0.366 e. The predicted molar refractivity (Wildman–Crippen MR) is 96.8 cm³/mol. The van der Waals surface area contributed by atoms with Crippen molar-refractivity contribution in [1.29, 1.82) is 0 Å². The Bertz CT molecular complexity index is 737. The van der Waals surface area contributed by atoms with E-state index in [1.165, 1.54) is 6.07 Å². The second-order valence-corrected chi connectivity index (χ2v) is 7.66. The molecule has 4 N–H and O–H groups in total. The van der Waals surface area contributed by atoms with E-state index in [9.17, 15) is 19.2 Å². The quantitative estimate of drug-likeness (QED) is 0.692. The van der Waals surface area contributed by atoms with Gasteiger partial charge < -0.3 is 16.4 Å². The minimum Gasteiger partial charge on any atom is -0.366 e.